The van der Waals surface area contributed by atoms with Crippen LogP contribution in [0.25, 0.3) is 22.6 Å². The summed E-state index contributed by atoms with van der Waals surface area (Å²) in [6.07, 6.45) is -3.41. The SMILES string of the molecule is O=[N+]([O-])c1c[nH]nc1-c1nc2cc(C(F)(F)F)ccc2[nH]1. The molecule has 3 rings (SSSR count). The summed E-state index contributed by atoms with van der Waals surface area (Å²) in [5.74, 6) is 0.0253. The van der Waals surface area contributed by atoms with Gasteiger partial charge in [0.1, 0.15) is 6.20 Å². The molecule has 108 valence electrons. The molecule has 0 aliphatic carbocycles. The average molecular weight is 297 g/mol. The number of hydrogen-bond acceptors (Lipinski definition) is 4. The highest BCUT2D eigenvalue weighted by Crippen LogP contribution is 2.32. The Hall–Kier alpha value is -2.91. The van der Waals surface area contributed by atoms with Gasteiger partial charge >= 0.3 is 11.9 Å². The number of nitrogens with one attached hydrogen (secondary N) is 2. The highest BCUT2D eigenvalue weighted by molar-refractivity contribution is 5.81. The molecule has 3 aromatic rings. The molecule has 1 aromatic carbocycles. The molecule has 2 N–H and O–H groups in total. The van der Waals surface area contributed by atoms with Crippen molar-refractivity contribution < 1.29 is 18.1 Å². The van der Waals surface area contributed by atoms with Gasteiger partial charge in [-0.1, -0.05) is 0 Å². The van der Waals surface area contributed by atoms with E-state index in [1.807, 2.05) is 0 Å². The summed E-state index contributed by atoms with van der Waals surface area (Å²) in [6.45, 7) is 0. The Morgan fingerprint density at radius 2 is 2.05 bits per heavy atom. The molecule has 0 amide bonds. The van der Waals surface area contributed by atoms with Crippen LogP contribution in [0.3, 0.4) is 0 Å². The van der Waals surface area contributed by atoms with E-state index in [-0.39, 0.29) is 22.7 Å². The quantitative estimate of drug-likeness (QED) is 0.561. The Labute approximate surface area is 114 Å². The van der Waals surface area contributed by atoms with Gasteiger partial charge in [-0.05, 0) is 18.2 Å². The van der Waals surface area contributed by atoms with E-state index < -0.39 is 16.7 Å². The van der Waals surface area contributed by atoms with Crippen LogP contribution >= 0.6 is 0 Å². The maximum Gasteiger partial charge on any atom is 0.416 e. The number of hydrogen-bond donors (Lipinski definition) is 2. The van der Waals surface area contributed by atoms with E-state index in [9.17, 15) is 23.3 Å². The topological polar surface area (TPSA) is 100 Å². The maximum atomic E-state index is 12.6. The van der Waals surface area contributed by atoms with Crippen LogP contribution in [0, 0.1) is 10.1 Å². The van der Waals surface area contributed by atoms with Crippen molar-refractivity contribution in [3.63, 3.8) is 0 Å². The van der Waals surface area contributed by atoms with Crippen molar-refractivity contribution in [1.82, 2.24) is 20.2 Å². The number of benzene rings is 1. The van der Waals surface area contributed by atoms with Gasteiger partial charge in [0, 0.05) is 0 Å². The number of nitro groups is 1. The smallest absolute Gasteiger partial charge is 0.336 e. The third-order valence-corrected chi connectivity index (χ3v) is 2.85. The summed E-state index contributed by atoms with van der Waals surface area (Å²) in [6, 6.07) is 2.99. The van der Waals surface area contributed by atoms with Gasteiger partial charge in [-0.25, -0.2) is 4.98 Å². The van der Waals surface area contributed by atoms with E-state index in [0.717, 1.165) is 18.3 Å². The van der Waals surface area contributed by atoms with Gasteiger partial charge in [-0.3, -0.25) is 15.2 Å². The average Bonchev–Trinajstić information content (AvgIpc) is 3.02. The zero-order valence-corrected chi connectivity index (χ0v) is 10.1. The van der Waals surface area contributed by atoms with E-state index in [1.165, 1.54) is 6.07 Å². The molecule has 0 aliphatic heterocycles. The van der Waals surface area contributed by atoms with Gasteiger partial charge in [0.15, 0.2) is 5.82 Å². The summed E-state index contributed by atoms with van der Waals surface area (Å²) < 4.78 is 37.9. The van der Waals surface area contributed by atoms with Crippen molar-refractivity contribution in [3.8, 4) is 11.5 Å². The zero-order valence-electron chi connectivity index (χ0n) is 10.1. The van der Waals surface area contributed by atoms with Gasteiger partial charge < -0.3 is 4.98 Å². The van der Waals surface area contributed by atoms with Crippen LogP contribution in [0.15, 0.2) is 24.4 Å². The van der Waals surface area contributed by atoms with Crippen molar-refractivity contribution >= 4 is 16.7 Å². The van der Waals surface area contributed by atoms with Crippen molar-refractivity contribution in [2.24, 2.45) is 0 Å². The molecule has 10 heteroatoms. The number of halogens is 3. The van der Waals surface area contributed by atoms with E-state index in [1.54, 1.807) is 0 Å². The van der Waals surface area contributed by atoms with Crippen molar-refractivity contribution in [3.05, 3.63) is 40.1 Å². The first-order valence-corrected chi connectivity index (χ1v) is 5.62. The molecule has 2 heterocycles. The minimum absolute atomic E-state index is 0.0253. The van der Waals surface area contributed by atoms with Crippen molar-refractivity contribution in [2.75, 3.05) is 0 Å². The van der Waals surface area contributed by atoms with Gasteiger partial charge in [0.2, 0.25) is 5.69 Å². The van der Waals surface area contributed by atoms with Crippen molar-refractivity contribution in [1.29, 1.82) is 0 Å². The van der Waals surface area contributed by atoms with Crippen LogP contribution < -0.4 is 0 Å². The molecule has 0 fully saturated rings. The van der Waals surface area contributed by atoms with E-state index >= 15 is 0 Å². The second kappa shape index (κ2) is 4.30. The Morgan fingerprint density at radius 1 is 1.29 bits per heavy atom. The number of H-pyrrole nitrogens is 2. The van der Waals surface area contributed by atoms with Gasteiger partial charge in [-0.15, -0.1) is 0 Å². The fourth-order valence-electron chi connectivity index (χ4n) is 1.89. The minimum atomic E-state index is -4.48. The molecule has 0 atom stereocenters. The molecule has 0 radical (unpaired) electrons. The summed E-state index contributed by atoms with van der Waals surface area (Å²) in [4.78, 5) is 16.8. The van der Waals surface area contributed by atoms with Crippen LogP contribution in [0.4, 0.5) is 18.9 Å². The number of aromatic amines is 2. The molecular formula is C11H6F3N5O2. The predicted molar refractivity (Wildman–Crippen MR) is 65.3 cm³/mol. The van der Waals surface area contributed by atoms with Gasteiger partial charge in [-0.2, -0.15) is 18.3 Å². The van der Waals surface area contributed by atoms with E-state index in [4.69, 9.17) is 0 Å². The molecule has 0 bridgehead atoms. The molecule has 21 heavy (non-hydrogen) atoms. The highest BCUT2D eigenvalue weighted by atomic mass is 19.4. The molecular weight excluding hydrogens is 291 g/mol. The third-order valence-electron chi connectivity index (χ3n) is 2.85. The minimum Gasteiger partial charge on any atom is -0.336 e. The number of rotatable bonds is 2. The lowest BCUT2D eigenvalue weighted by Gasteiger charge is -2.04. The lowest BCUT2D eigenvalue weighted by Crippen LogP contribution is -2.04. The second-order valence-electron chi connectivity index (χ2n) is 4.19. The lowest BCUT2D eigenvalue weighted by molar-refractivity contribution is -0.384. The van der Waals surface area contributed by atoms with Crippen molar-refractivity contribution in [2.45, 2.75) is 6.18 Å². The fourth-order valence-corrected chi connectivity index (χ4v) is 1.89. The zero-order chi connectivity index (χ0) is 15.2. The monoisotopic (exact) mass is 297 g/mol. The standard InChI is InChI=1S/C11H6F3N5O2/c12-11(13,14)5-1-2-6-7(3-5)17-10(16-6)9-8(19(20)21)4-15-18-9/h1-4H,(H,15,18)(H,16,17). The molecule has 0 saturated heterocycles. The first-order chi connectivity index (χ1) is 9.86. The number of fused-ring (bicyclic) bond motifs is 1. The summed E-state index contributed by atoms with van der Waals surface area (Å²) >= 11 is 0. The largest absolute Gasteiger partial charge is 0.416 e. The number of alkyl halides is 3. The number of imidazole rings is 1. The number of aromatic nitrogens is 4. The van der Waals surface area contributed by atoms with Crippen LogP contribution in [0.1, 0.15) is 5.56 Å². The Balaban J connectivity index is 2.13. The Morgan fingerprint density at radius 3 is 2.71 bits per heavy atom. The van der Waals surface area contributed by atoms with Gasteiger partial charge in [0.05, 0.1) is 21.5 Å². The lowest BCUT2D eigenvalue weighted by atomic mass is 10.2. The summed E-state index contributed by atoms with van der Waals surface area (Å²) in [5, 5.41) is 16.8. The molecule has 0 unspecified atom stereocenters. The molecule has 7 nitrogen and oxygen atoms in total. The Bertz CT molecular complexity index is 836. The van der Waals surface area contributed by atoms with Crippen LogP contribution in [0.5, 0.6) is 0 Å². The maximum absolute atomic E-state index is 12.6. The molecule has 0 aliphatic rings. The second-order valence-corrected chi connectivity index (χ2v) is 4.19. The summed E-state index contributed by atoms with van der Waals surface area (Å²) in [7, 11) is 0. The van der Waals surface area contributed by atoms with Crippen LogP contribution in [0.2, 0.25) is 0 Å². The molecule has 0 spiro atoms. The van der Waals surface area contributed by atoms with E-state index in [0.29, 0.717) is 5.52 Å². The van der Waals surface area contributed by atoms with Gasteiger partial charge in [0.25, 0.3) is 0 Å². The van der Waals surface area contributed by atoms with Crippen LogP contribution in [-0.4, -0.2) is 25.1 Å². The van der Waals surface area contributed by atoms with Crippen LogP contribution in [-0.2, 0) is 6.18 Å². The Kier molecular flexibility index (Phi) is 2.68. The highest BCUT2D eigenvalue weighted by Gasteiger charge is 2.31. The predicted octanol–water partition coefficient (Wildman–Crippen LogP) is 2.88. The first-order valence-electron chi connectivity index (χ1n) is 5.62. The molecule has 2 aromatic heterocycles. The fraction of sp³-hybridized carbons (Fsp3) is 0.0909. The van der Waals surface area contributed by atoms with E-state index in [2.05, 4.69) is 20.2 Å². The third kappa shape index (κ3) is 2.20. The number of nitrogens with zero attached hydrogens (tertiary/aromatic N) is 3. The molecule has 0 saturated carbocycles. The summed E-state index contributed by atoms with van der Waals surface area (Å²) in [5.41, 5.74) is -0.841. The first kappa shape index (κ1) is 13.1. The normalized spacial score (nSPS) is 12.0.